The van der Waals surface area contributed by atoms with E-state index in [0.717, 1.165) is 0 Å². The highest BCUT2D eigenvalue weighted by Gasteiger charge is 2.52. The van der Waals surface area contributed by atoms with Crippen molar-refractivity contribution < 1.29 is 26.9 Å². The maximum absolute atomic E-state index is 14.6. The van der Waals surface area contributed by atoms with Gasteiger partial charge in [0.15, 0.2) is 4.90 Å². The Balaban J connectivity index is 2.01. The molecule has 2 heterocycles. The van der Waals surface area contributed by atoms with Gasteiger partial charge in [0, 0.05) is 6.20 Å². The van der Waals surface area contributed by atoms with Crippen molar-refractivity contribution in [3.63, 3.8) is 0 Å². The van der Waals surface area contributed by atoms with E-state index in [1.54, 1.807) is 6.92 Å². The van der Waals surface area contributed by atoms with Gasteiger partial charge in [-0.25, -0.2) is 17.8 Å². The third-order valence-electron chi connectivity index (χ3n) is 5.37. The van der Waals surface area contributed by atoms with Gasteiger partial charge in [0.05, 0.1) is 29.0 Å². The highest BCUT2D eigenvalue weighted by molar-refractivity contribution is 7.92. The maximum Gasteiger partial charge on any atom is 0.495 e. The van der Waals surface area contributed by atoms with Gasteiger partial charge in [0.25, 0.3) is 10.0 Å². The van der Waals surface area contributed by atoms with Crippen LogP contribution < -0.4 is 14.9 Å². The number of hydrogen-bond donors (Lipinski definition) is 1. The number of aromatic nitrogens is 1. The Labute approximate surface area is 181 Å². The van der Waals surface area contributed by atoms with Gasteiger partial charge in [-0.2, -0.15) is 0 Å². The maximum atomic E-state index is 14.6. The molecule has 1 aliphatic rings. The quantitative estimate of drug-likeness (QED) is 0.695. The van der Waals surface area contributed by atoms with E-state index in [0.29, 0.717) is 11.0 Å². The van der Waals surface area contributed by atoms with Crippen molar-refractivity contribution in [1.82, 2.24) is 4.98 Å². The number of methoxy groups -OCH3 is 1. The number of ether oxygens (including phenoxy) is 1. The molecule has 0 atom stereocenters. The summed E-state index contributed by atoms with van der Waals surface area (Å²) in [6.45, 7) is 9.29. The summed E-state index contributed by atoms with van der Waals surface area (Å²) in [5, 5.41) is 0.0958. The molecule has 1 N–H and O–H groups in total. The fourth-order valence-electron chi connectivity index (χ4n) is 2.95. The second-order valence-electron chi connectivity index (χ2n) is 8.04. The predicted molar refractivity (Wildman–Crippen MR) is 113 cm³/mol. The van der Waals surface area contributed by atoms with Crippen LogP contribution in [-0.2, 0) is 19.3 Å². The van der Waals surface area contributed by atoms with Gasteiger partial charge in [-0.15, -0.1) is 0 Å². The summed E-state index contributed by atoms with van der Waals surface area (Å²) in [6.07, 6.45) is 1.25. The molecule has 1 aromatic heterocycles. The van der Waals surface area contributed by atoms with E-state index in [1.807, 2.05) is 27.7 Å². The number of sulfonamides is 1. The number of nitrogens with zero attached hydrogens (tertiary/aromatic N) is 1. The molecule has 0 bridgehead atoms. The Morgan fingerprint density at radius 3 is 2.33 bits per heavy atom. The van der Waals surface area contributed by atoms with Crippen molar-refractivity contribution in [2.24, 2.45) is 0 Å². The van der Waals surface area contributed by atoms with Gasteiger partial charge < -0.3 is 14.0 Å². The number of hydrogen-bond acceptors (Lipinski definition) is 6. The van der Waals surface area contributed by atoms with Gasteiger partial charge >= 0.3 is 7.12 Å². The fraction of sp³-hybridized carbons (Fsp3) is 0.421. The first-order valence-corrected chi connectivity index (χ1v) is 11.0. The Kier molecular flexibility index (Phi) is 5.83. The molecule has 1 aliphatic heterocycles. The number of anilines is 1. The minimum absolute atomic E-state index is 0.0958. The van der Waals surface area contributed by atoms with E-state index >= 15 is 0 Å². The van der Waals surface area contributed by atoms with E-state index in [2.05, 4.69) is 9.71 Å². The van der Waals surface area contributed by atoms with Crippen molar-refractivity contribution in [3.8, 4) is 5.88 Å². The predicted octanol–water partition coefficient (Wildman–Crippen LogP) is 3.29. The Morgan fingerprint density at radius 1 is 1.17 bits per heavy atom. The molecule has 0 spiro atoms. The van der Waals surface area contributed by atoms with Gasteiger partial charge in [0.2, 0.25) is 5.88 Å². The molecule has 11 heteroatoms. The van der Waals surface area contributed by atoms with Crippen LogP contribution in [0.2, 0.25) is 5.02 Å². The normalized spacial score (nSPS) is 17.8. The number of rotatable bonds is 5. The first-order valence-electron chi connectivity index (χ1n) is 9.15. The molecule has 0 aliphatic carbocycles. The molecule has 0 amide bonds. The van der Waals surface area contributed by atoms with Gasteiger partial charge in [0.1, 0.15) is 5.82 Å². The Hall–Kier alpha value is -1.88. The fourth-order valence-corrected chi connectivity index (χ4v) is 4.37. The van der Waals surface area contributed by atoms with E-state index < -0.39 is 34.2 Å². The largest absolute Gasteiger partial charge is 0.495 e. The molecule has 30 heavy (non-hydrogen) atoms. The summed E-state index contributed by atoms with van der Waals surface area (Å²) >= 11 is 5.88. The number of halogens is 2. The molecule has 0 saturated carbocycles. The molecule has 7 nitrogen and oxygen atoms in total. The molecule has 0 unspecified atom stereocenters. The zero-order valence-electron chi connectivity index (χ0n) is 17.5. The lowest BCUT2D eigenvalue weighted by atomic mass is 9.76. The molecule has 1 saturated heterocycles. The van der Waals surface area contributed by atoms with Crippen LogP contribution in [0.4, 0.5) is 10.1 Å². The molecule has 1 aromatic carbocycles. The van der Waals surface area contributed by atoms with Crippen LogP contribution in [0.1, 0.15) is 33.3 Å². The summed E-state index contributed by atoms with van der Waals surface area (Å²) < 4.78 is 59.7. The van der Waals surface area contributed by atoms with Crippen molar-refractivity contribution in [2.45, 2.75) is 50.7 Å². The first kappa shape index (κ1) is 22.8. The second kappa shape index (κ2) is 7.67. The minimum Gasteiger partial charge on any atom is -0.480 e. The lowest BCUT2D eigenvalue weighted by Gasteiger charge is -2.32. The van der Waals surface area contributed by atoms with Crippen molar-refractivity contribution >= 4 is 39.9 Å². The van der Waals surface area contributed by atoms with Crippen LogP contribution in [0.25, 0.3) is 0 Å². The minimum atomic E-state index is -4.24. The van der Waals surface area contributed by atoms with Crippen LogP contribution >= 0.6 is 11.6 Å². The molecule has 1 fully saturated rings. The van der Waals surface area contributed by atoms with E-state index in [1.165, 1.54) is 31.5 Å². The average molecular weight is 457 g/mol. The van der Waals surface area contributed by atoms with Crippen LogP contribution in [0, 0.1) is 12.7 Å². The van der Waals surface area contributed by atoms with Gasteiger partial charge in [-0.3, -0.25) is 4.72 Å². The topological polar surface area (TPSA) is 86.8 Å². The molecule has 162 valence electrons. The molecular weight excluding hydrogens is 434 g/mol. The van der Waals surface area contributed by atoms with E-state index in [4.69, 9.17) is 25.6 Å². The lowest BCUT2D eigenvalue weighted by Crippen LogP contribution is -2.41. The van der Waals surface area contributed by atoms with Crippen LogP contribution in [0.5, 0.6) is 5.88 Å². The highest BCUT2D eigenvalue weighted by Crippen LogP contribution is 2.37. The summed E-state index contributed by atoms with van der Waals surface area (Å²) in [6, 6.07) is 3.78. The van der Waals surface area contributed by atoms with Crippen LogP contribution in [0.15, 0.2) is 29.3 Å². The third kappa shape index (κ3) is 4.14. The monoisotopic (exact) mass is 456 g/mol. The third-order valence-corrected chi connectivity index (χ3v) is 6.94. The van der Waals surface area contributed by atoms with Crippen LogP contribution in [0.3, 0.4) is 0 Å². The van der Waals surface area contributed by atoms with E-state index in [-0.39, 0.29) is 21.5 Å². The second-order valence-corrected chi connectivity index (χ2v) is 10.1. The molecule has 3 rings (SSSR count). The molecule has 0 radical (unpaired) electrons. The lowest BCUT2D eigenvalue weighted by molar-refractivity contribution is 0.00578. The molecular formula is C19H23BClFN2O5S. The average Bonchev–Trinajstić information content (AvgIpc) is 2.84. The van der Waals surface area contributed by atoms with Gasteiger partial charge in [-0.1, -0.05) is 11.6 Å². The summed E-state index contributed by atoms with van der Waals surface area (Å²) in [7, 11) is -3.74. The van der Waals surface area contributed by atoms with Gasteiger partial charge in [-0.05, 0) is 63.8 Å². The number of nitrogens with one attached hydrogen (secondary N) is 1. The number of pyridine rings is 1. The van der Waals surface area contributed by atoms with E-state index in [9.17, 15) is 12.8 Å². The number of aryl methyl sites for hydroxylation is 1. The highest BCUT2D eigenvalue weighted by atomic mass is 35.5. The Bertz CT molecular complexity index is 1080. The summed E-state index contributed by atoms with van der Waals surface area (Å²) in [5.74, 6) is -0.907. The Morgan fingerprint density at radius 2 is 1.77 bits per heavy atom. The standard InChI is InChI=1S/C19H23BClFN2O5S/c1-11-7-14(22)15(9-13(11)20-28-18(2,3)19(4,5)29-20)24-30(25,26)16-8-12(21)10-23-17(16)27-6/h7-10,24H,1-6H3. The van der Waals surface area contributed by atoms with Crippen molar-refractivity contribution in [3.05, 3.63) is 40.8 Å². The van der Waals surface area contributed by atoms with Crippen molar-refractivity contribution in [1.29, 1.82) is 0 Å². The summed E-state index contributed by atoms with van der Waals surface area (Å²) in [4.78, 5) is 3.54. The summed E-state index contributed by atoms with van der Waals surface area (Å²) in [5.41, 5.74) is -0.372. The zero-order chi connectivity index (χ0) is 22.5. The first-order chi connectivity index (χ1) is 13.8. The molecule has 2 aromatic rings. The smallest absolute Gasteiger partial charge is 0.480 e. The van der Waals surface area contributed by atoms with Crippen molar-refractivity contribution in [2.75, 3.05) is 11.8 Å². The zero-order valence-corrected chi connectivity index (χ0v) is 19.1. The SMILES string of the molecule is COc1ncc(Cl)cc1S(=O)(=O)Nc1cc(B2OC(C)(C)C(C)(C)O2)c(C)cc1F. The number of benzene rings is 1. The van der Waals surface area contributed by atoms with Crippen LogP contribution in [-0.4, -0.2) is 38.8 Å².